The summed E-state index contributed by atoms with van der Waals surface area (Å²) in [5.74, 6) is -1.00. The molecule has 2 radical (unpaired) electrons. The van der Waals surface area contributed by atoms with Gasteiger partial charge in [-0.05, 0) is 80.8 Å². The van der Waals surface area contributed by atoms with Gasteiger partial charge in [0.05, 0.1) is 5.71 Å². The summed E-state index contributed by atoms with van der Waals surface area (Å²) < 4.78 is 10.6. The number of alkyl carbamates (subject to hydrolysis) is 1. The van der Waals surface area contributed by atoms with E-state index in [0.717, 1.165) is 33.2 Å². The molecule has 1 aromatic heterocycles. The summed E-state index contributed by atoms with van der Waals surface area (Å²) in [6, 6.07) is 49.8. The fraction of sp³-hybridized carbons (Fsp3) is 0.220. The molecule has 0 saturated carbocycles. The Morgan fingerprint density at radius 2 is 0.911 bits per heavy atom. The fourth-order valence-electron chi connectivity index (χ4n) is 6.73. The van der Waals surface area contributed by atoms with Crippen LogP contribution in [0.25, 0.3) is 22.1 Å². The maximum Gasteiger partial charge on any atom is 0.407 e. The Bertz CT molecular complexity index is 3110. The van der Waals surface area contributed by atoms with Crippen molar-refractivity contribution in [1.29, 1.82) is 0 Å². The van der Waals surface area contributed by atoms with Crippen LogP contribution in [0.15, 0.2) is 160 Å². The molecule has 0 bridgehead atoms. The number of rotatable bonds is 17. The Labute approximate surface area is 510 Å². The van der Waals surface area contributed by atoms with E-state index in [4.69, 9.17) is 20.6 Å². The van der Waals surface area contributed by atoms with Crippen molar-refractivity contribution in [1.82, 2.24) is 31.9 Å². The minimum Gasteiger partial charge on any atom is -0.451 e. The van der Waals surface area contributed by atoms with E-state index >= 15 is 0 Å². The number of hydrogen-bond acceptors (Lipinski definition) is 10. The van der Waals surface area contributed by atoms with E-state index < -0.39 is 11.7 Å². The summed E-state index contributed by atoms with van der Waals surface area (Å²) in [4.78, 5) is 71.7. The molecular weight excluding hydrogens is 1150 g/mol. The Kier molecular flexibility index (Phi) is 28.2. The molecule has 7 rings (SSSR count). The van der Waals surface area contributed by atoms with Crippen molar-refractivity contribution in [2.24, 2.45) is 21.7 Å². The third-order valence-electron chi connectivity index (χ3n) is 10.7. The van der Waals surface area contributed by atoms with Crippen molar-refractivity contribution in [3.63, 3.8) is 0 Å². The van der Waals surface area contributed by atoms with Crippen LogP contribution in [0.1, 0.15) is 96.4 Å². The number of nitrogens with zero attached hydrogens (tertiary/aromatic N) is 2. The summed E-state index contributed by atoms with van der Waals surface area (Å²) in [5, 5.41) is 24.7. The number of amides is 6. The van der Waals surface area contributed by atoms with Gasteiger partial charge in [0.25, 0.3) is 17.7 Å². The van der Waals surface area contributed by atoms with Crippen LogP contribution in [0.2, 0.25) is 0 Å². The van der Waals surface area contributed by atoms with E-state index in [1.54, 1.807) is 100 Å². The van der Waals surface area contributed by atoms with Crippen molar-refractivity contribution >= 4 is 58.3 Å². The summed E-state index contributed by atoms with van der Waals surface area (Å²) in [6.45, 7) is 12.9. The fourth-order valence-corrected chi connectivity index (χ4v) is 6.73. The van der Waals surface area contributed by atoms with Gasteiger partial charge in [-0.15, -0.1) is 5.10 Å². The first-order valence-electron chi connectivity index (χ1n) is 24.6. The maximum atomic E-state index is 12.2. The summed E-state index contributed by atoms with van der Waals surface area (Å²) >= 11 is 0. The van der Waals surface area contributed by atoms with Gasteiger partial charge in [0.1, 0.15) is 11.2 Å². The number of furan rings is 1. The van der Waals surface area contributed by atoms with Crippen molar-refractivity contribution in [2.75, 3.05) is 39.3 Å². The van der Waals surface area contributed by atoms with E-state index in [9.17, 15) is 28.8 Å². The molecule has 0 aliphatic rings. The van der Waals surface area contributed by atoms with Gasteiger partial charge < -0.3 is 52.5 Å². The molecule has 406 valence electrons. The molecule has 0 atom stereocenters. The number of aryl methyl sites for hydroxylation is 2. The van der Waals surface area contributed by atoms with Crippen LogP contribution in [0.5, 0.6) is 0 Å². The molecule has 7 aromatic rings. The summed E-state index contributed by atoms with van der Waals surface area (Å²) in [5.41, 5.74) is 18.3. The first kappa shape index (κ1) is 65.9. The third-order valence-corrected chi connectivity index (χ3v) is 10.7. The van der Waals surface area contributed by atoms with Crippen LogP contribution in [0.3, 0.4) is 0 Å². The molecule has 6 aromatic carbocycles. The van der Waals surface area contributed by atoms with Gasteiger partial charge >= 0.3 is 6.09 Å². The first-order valence-corrected chi connectivity index (χ1v) is 24.6. The van der Waals surface area contributed by atoms with Crippen molar-refractivity contribution in [3.8, 4) is 11.1 Å². The predicted molar refractivity (Wildman–Crippen MR) is 298 cm³/mol. The SMILES string of the molecule is C/C(=N\N=C(N)N)c1ccc(C(=O)NCCNC(=O)c2cc3ccccc3o2)cc1.Cc1[c-]cc(C(=O)NCCNC(=O)OC(C)(C)C)cc1.Cc1[c-]cc(C(=O)NCCNC(=O)c2ccc(-c3ccccc3)cc2)cc1.[Y].[Y]. The minimum atomic E-state index is -0.523. The molecule has 79 heavy (non-hydrogen) atoms. The van der Waals surface area contributed by atoms with Crippen LogP contribution >= 0.6 is 0 Å². The van der Waals surface area contributed by atoms with Crippen LogP contribution in [0, 0.1) is 26.0 Å². The van der Waals surface area contributed by atoms with E-state index in [1.165, 1.54) is 0 Å². The Balaban J connectivity index is 0.000000314. The number of carbonyl (C=O) groups excluding carboxylic acids is 6. The molecule has 20 heteroatoms. The third kappa shape index (κ3) is 23.6. The molecule has 0 fully saturated rings. The number of benzene rings is 6. The summed E-state index contributed by atoms with van der Waals surface area (Å²) in [7, 11) is 0. The Morgan fingerprint density at radius 1 is 0.506 bits per heavy atom. The predicted octanol–water partition coefficient (Wildman–Crippen LogP) is 7.26. The van der Waals surface area contributed by atoms with E-state index in [-0.39, 0.29) is 120 Å². The number of carbonyl (C=O) groups is 6. The average molecular weight is 1220 g/mol. The molecule has 0 spiro atoms. The smallest absolute Gasteiger partial charge is 0.407 e. The second kappa shape index (κ2) is 33.8. The molecule has 0 aliphatic heterocycles. The molecule has 6 amide bonds. The monoisotopic (exact) mass is 1220 g/mol. The van der Waals surface area contributed by atoms with Gasteiger partial charge in [0, 0.05) is 121 Å². The quantitative estimate of drug-likeness (QED) is 0.0149. The number of ether oxygens (including phenoxy) is 1. The first-order chi connectivity index (χ1) is 36.8. The molecule has 18 nitrogen and oxygen atoms in total. The number of nitrogens with one attached hydrogen (secondary N) is 6. The van der Waals surface area contributed by atoms with Gasteiger partial charge in [-0.2, -0.15) is 64.8 Å². The van der Waals surface area contributed by atoms with Crippen LogP contribution in [-0.4, -0.2) is 92.2 Å². The zero-order chi connectivity index (χ0) is 55.7. The van der Waals surface area contributed by atoms with E-state index in [2.05, 4.69) is 54.2 Å². The van der Waals surface area contributed by atoms with Crippen LogP contribution < -0.4 is 43.4 Å². The normalized spacial score (nSPS) is 10.5. The number of hydrogen-bond donors (Lipinski definition) is 8. The molecule has 0 unspecified atom stereocenters. The second-order valence-corrected chi connectivity index (χ2v) is 18.1. The largest absolute Gasteiger partial charge is 0.451 e. The number of nitrogens with two attached hydrogens (primary N) is 2. The number of fused-ring (bicyclic) bond motifs is 1. The average Bonchev–Trinajstić information content (AvgIpc) is 3.88. The van der Waals surface area contributed by atoms with E-state index in [1.807, 2.05) is 86.6 Å². The molecule has 0 saturated heterocycles. The Morgan fingerprint density at radius 3 is 1.37 bits per heavy atom. The zero-order valence-corrected chi connectivity index (χ0v) is 50.7. The number of para-hydroxylation sites is 1. The van der Waals surface area contributed by atoms with Crippen molar-refractivity contribution < 1.29 is 103 Å². The van der Waals surface area contributed by atoms with E-state index in [0.29, 0.717) is 59.7 Å². The standard InChI is InChI=1S/C23H21N2O2.C21H22N6O3.C15H21N2O3.2Y/c1-17-7-9-20(10-8-17)22(26)24-15-16-25-23(27)21-13-11-19(12-14-21)18-5-3-2-4-6-18;1-13(26-27-21(22)23)14-6-8-15(9-7-14)19(28)24-10-11-25-20(29)18-12-16-4-2-3-5-17(16)30-18;1-11-5-7-12(8-6-11)13(18)16-9-10-17-14(19)20-15(2,3)4;;/h2-7,9-14H,15-16H2,1H3,(H,24,26)(H,25,27);2-9,12H,10-11H2,1H3,(H,24,28)(H,25,29)(H4,22,23,27);5,7-8H,9-10H2,1-4H3,(H,16,18)(H,17,19);;/q-1;;-1;;/b;26-13+;;;. The second-order valence-electron chi connectivity index (χ2n) is 18.1. The number of guanidine groups is 1. The van der Waals surface area contributed by atoms with Gasteiger partial charge in [0.2, 0.25) is 5.96 Å². The molecule has 1 heterocycles. The molecule has 0 aliphatic carbocycles. The van der Waals surface area contributed by atoms with Crippen molar-refractivity contribution in [3.05, 3.63) is 202 Å². The zero-order valence-electron chi connectivity index (χ0n) is 45.1. The van der Waals surface area contributed by atoms with Crippen LogP contribution in [0.4, 0.5) is 4.79 Å². The van der Waals surface area contributed by atoms with Crippen LogP contribution in [-0.2, 0) is 70.2 Å². The summed E-state index contributed by atoms with van der Waals surface area (Å²) in [6.07, 6.45) is -0.490. The topological polar surface area (TPSA) is 274 Å². The Hall–Kier alpha value is -7.37. The molecule has 10 N–H and O–H groups in total. The molecular formula is C59H64N10O8Y2-2. The maximum absolute atomic E-state index is 12.2. The minimum absolute atomic E-state index is 0. The van der Waals surface area contributed by atoms with Gasteiger partial charge in [-0.25, -0.2) is 4.79 Å². The van der Waals surface area contributed by atoms with Gasteiger partial charge in [-0.3, -0.25) is 24.0 Å². The van der Waals surface area contributed by atoms with Crippen molar-refractivity contribution in [2.45, 2.75) is 47.1 Å². The van der Waals surface area contributed by atoms with Gasteiger partial charge in [-0.1, -0.05) is 97.8 Å². The van der Waals surface area contributed by atoms with Gasteiger partial charge in [0.15, 0.2) is 17.6 Å².